The van der Waals surface area contributed by atoms with E-state index < -0.39 is 0 Å². The number of hydrogen-bond acceptors (Lipinski definition) is 1. The fraction of sp³-hybridized carbons (Fsp3) is 0.786. The van der Waals surface area contributed by atoms with Crippen molar-refractivity contribution in [3.63, 3.8) is 0 Å². The first kappa shape index (κ1) is 26.1. The zero-order valence-corrected chi connectivity index (χ0v) is 20.0. The van der Waals surface area contributed by atoms with E-state index in [-0.39, 0.29) is 0 Å². The summed E-state index contributed by atoms with van der Waals surface area (Å²) in [5.41, 5.74) is 4.31. The first-order chi connectivity index (χ1) is 14.2. The Bertz CT molecular complexity index is 505. The minimum atomic E-state index is 0.550. The number of phenolic OH excluding ortho intramolecular Hbond substituents is 1. The van der Waals surface area contributed by atoms with Crippen LogP contribution in [-0.4, -0.2) is 5.11 Å². The quantitative estimate of drug-likeness (QED) is 0.228. The minimum absolute atomic E-state index is 0.550. The van der Waals surface area contributed by atoms with Crippen molar-refractivity contribution in [1.82, 2.24) is 0 Å². The molecule has 0 bridgehead atoms. The van der Waals surface area contributed by atoms with Gasteiger partial charge in [0, 0.05) is 0 Å². The first-order valence-electron chi connectivity index (χ1n) is 13.1. The predicted molar refractivity (Wildman–Crippen MR) is 130 cm³/mol. The van der Waals surface area contributed by atoms with Gasteiger partial charge in [-0.1, -0.05) is 110 Å². The van der Waals surface area contributed by atoms with Crippen LogP contribution in [-0.2, 0) is 19.3 Å². The topological polar surface area (TPSA) is 20.2 Å². The summed E-state index contributed by atoms with van der Waals surface area (Å²) in [7, 11) is 0. The maximum atomic E-state index is 10.6. The summed E-state index contributed by atoms with van der Waals surface area (Å²) < 4.78 is 0. The van der Waals surface area contributed by atoms with Crippen LogP contribution in [0.1, 0.15) is 140 Å². The molecule has 1 N–H and O–H groups in total. The van der Waals surface area contributed by atoms with Gasteiger partial charge < -0.3 is 5.11 Å². The van der Waals surface area contributed by atoms with E-state index in [9.17, 15) is 5.11 Å². The van der Waals surface area contributed by atoms with E-state index in [1.165, 1.54) is 126 Å². The fourth-order valence-corrected chi connectivity index (χ4v) is 4.46. The van der Waals surface area contributed by atoms with E-state index in [1.54, 1.807) is 0 Å². The zero-order chi connectivity index (χ0) is 21.2. The Morgan fingerprint density at radius 2 is 0.897 bits per heavy atom. The number of phenols is 1. The molecule has 0 aliphatic carbocycles. The largest absolute Gasteiger partial charge is 0.508 e. The van der Waals surface area contributed by atoms with Crippen LogP contribution in [0.15, 0.2) is 12.1 Å². The Morgan fingerprint density at radius 1 is 0.483 bits per heavy atom. The highest BCUT2D eigenvalue weighted by molar-refractivity contribution is 5.45. The van der Waals surface area contributed by atoms with Crippen molar-refractivity contribution < 1.29 is 5.11 Å². The molecule has 0 atom stereocenters. The van der Waals surface area contributed by atoms with Crippen LogP contribution in [0.25, 0.3) is 0 Å². The third-order valence-corrected chi connectivity index (χ3v) is 6.36. The predicted octanol–water partition coefficient (Wildman–Crippen LogP) is 9.32. The SMILES string of the molecule is CCCCCCCCc1ccc(O)c(CCCCCC)c1CCCCCCCC. The van der Waals surface area contributed by atoms with Crippen LogP contribution in [0.3, 0.4) is 0 Å². The van der Waals surface area contributed by atoms with Gasteiger partial charge in [0.2, 0.25) is 0 Å². The van der Waals surface area contributed by atoms with Crippen molar-refractivity contribution in [3.8, 4) is 5.75 Å². The molecule has 0 amide bonds. The maximum absolute atomic E-state index is 10.6. The van der Waals surface area contributed by atoms with Crippen LogP contribution in [0, 0.1) is 0 Å². The molecule has 1 aromatic carbocycles. The lowest BCUT2D eigenvalue weighted by molar-refractivity contribution is 0.463. The summed E-state index contributed by atoms with van der Waals surface area (Å²) >= 11 is 0. The van der Waals surface area contributed by atoms with Gasteiger partial charge in [0.1, 0.15) is 5.75 Å². The Labute approximate surface area is 182 Å². The van der Waals surface area contributed by atoms with E-state index >= 15 is 0 Å². The van der Waals surface area contributed by atoms with Gasteiger partial charge in [-0.25, -0.2) is 0 Å². The lowest BCUT2D eigenvalue weighted by Crippen LogP contribution is -2.03. The van der Waals surface area contributed by atoms with Gasteiger partial charge in [0.25, 0.3) is 0 Å². The molecular formula is C28H50O. The molecule has 1 heteroatoms. The molecule has 1 rings (SSSR count). The van der Waals surface area contributed by atoms with E-state index in [0.29, 0.717) is 5.75 Å². The van der Waals surface area contributed by atoms with Gasteiger partial charge in [-0.15, -0.1) is 0 Å². The smallest absolute Gasteiger partial charge is 0.119 e. The number of benzene rings is 1. The Balaban J connectivity index is 2.69. The van der Waals surface area contributed by atoms with Crippen LogP contribution in [0.5, 0.6) is 5.75 Å². The molecule has 168 valence electrons. The molecule has 0 unspecified atom stereocenters. The van der Waals surface area contributed by atoms with Crippen molar-refractivity contribution in [2.45, 2.75) is 143 Å². The van der Waals surface area contributed by atoms with Gasteiger partial charge in [-0.3, -0.25) is 0 Å². The number of aromatic hydroxyl groups is 1. The van der Waals surface area contributed by atoms with Gasteiger partial charge in [-0.05, 0) is 61.3 Å². The molecule has 0 aliphatic heterocycles. The summed E-state index contributed by atoms with van der Waals surface area (Å²) in [5, 5.41) is 10.6. The molecule has 0 aliphatic rings. The third-order valence-electron chi connectivity index (χ3n) is 6.36. The highest BCUT2D eigenvalue weighted by Crippen LogP contribution is 2.30. The van der Waals surface area contributed by atoms with Crippen LogP contribution < -0.4 is 0 Å². The lowest BCUT2D eigenvalue weighted by atomic mass is 9.89. The first-order valence-corrected chi connectivity index (χ1v) is 13.1. The molecule has 1 nitrogen and oxygen atoms in total. The minimum Gasteiger partial charge on any atom is -0.508 e. The zero-order valence-electron chi connectivity index (χ0n) is 20.0. The van der Waals surface area contributed by atoms with Gasteiger partial charge in [0.15, 0.2) is 0 Å². The van der Waals surface area contributed by atoms with Crippen molar-refractivity contribution in [2.24, 2.45) is 0 Å². The normalized spacial score (nSPS) is 11.3. The number of aryl methyl sites for hydroxylation is 1. The highest BCUT2D eigenvalue weighted by atomic mass is 16.3. The van der Waals surface area contributed by atoms with Crippen molar-refractivity contribution >= 4 is 0 Å². The van der Waals surface area contributed by atoms with Gasteiger partial charge >= 0.3 is 0 Å². The summed E-state index contributed by atoms with van der Waals surface area (Å²) in [5.74, 6) is 0.550. The molecule has 0 saturated carbocycles. The second-order valence-corrected chi connectivity index (χ2v) is 9.05. The number of unbranched alkanes of at least 4 members (excludes halogenated alkanes) is 13. The van der Waals surface area contributed by atoms with Crippen LogP contribution in [0.2, 0.25) is 0 Å². The van der Waals surface area contributed by atoms with Crippen LogP contribution >= 0.6 is 0 Å². The maximum Gasteiger partial charge on any atom is 0.119 e. The molecule has 0 spiro atoms. The second kappa shape index (κ2) is 17.8. The molecule has 0 saturated heterocycles. The third kappa shape index (κ3) is 11.7. The fourth-order valence-electron chi connectivity index (χ4n) is 4.46. The number of hydrogen-bond donors (Lipinski definition) is 1. The van der Waals surface area contributed by atoms with Crippen molar-refractivity contribution in [1.29, 1.82) is 0 Å². The summed E-state index contributed by atoms with van der Waals surface area (Å²) in [6.45, 7) is 6.84. The molecule has 0 radical (unpaired) electrons. The van der Waals surface area contributed by atoms with E-state index in [0.717, 1.165) is 12.8 Å². The molecule has 0 heterocycles. The Morgan fingerprint density at radius 3 is 1.45 bits per heavy atom. The molecular weight excluding hydrogens is 352 g/mol. The Kier molecular flexibility index (Phi) is 16.0. The van der Waals surface area contributed by atoms with Crippen LogP contribution in [0.4, 0.5) is 0 Å². The standard InChI is InChI=1S/C28H50O/c1-4-7-10-13-15-17-20-25-23-24-28(29)27(22-18-12-9-6-3)26(25)21-19-16-14-11-8-5-2/h23-24,29H,4-22H2,1-3H3. The molecule has 29 heavy (non-hydrogen) atoms. The van der Waals surface area contributed by atoms with Crippen molar-refractivity contribution in [3.05, 3.63) is 28.8 Å². The number of rotatable bonds is 19. The summed E-state index contributed by atoms with van der Waals surface area (Å²) in [4.78, 5) is 0. The van der Waals surface area contributed by atoms with E-state index in [2.05, 4.69) is 26.8 Å². The summed E-state index contributed by atoms with van der Waals surface area (Å²) in [6, 6.07) is 4.20. The molecule has 0 aromatic heterocycles. The molecule has 0 fully saturated rings. The van der Waals surface area contributed by atoms with E-state index in [1.807, 2.05) is 6.07 Å². The average molecular weight is 403 g/mol. The summed E-state index contributed by atoms with van der Waals surface area (Å²) in [6.07, 6.45) is 24.7. The van der Waals surface area contributed by atoms with E-state index in [4.69, 9.17) is 0 Å². The molecule has 1 aromatic rings. The highest BCUT2D eigenvalue weighted by Gasteiger charge is 2.13. The van der Waals surface area contributed by atoms with Gasteiger partial charge in [-0.2, -0.15) is 0 Å². The monoisotopic (exact) mass is 402 g/mol. The van der Waals surface area contributed by atoms with Crippen molar-refractivity contribution in [2.75, 3.05) is 0 Å². The average Bonchev–Trinajstić information content (AvgIpc) is 2.73. The second-order valence-electron chi connectivity index (χ2n) is 9.05. The lowest BCUT2D eigenvalue weighted by Gasteiger charge is -2.17. The van der Waals surface area contributed by atoms with Gasteiger partial charge in [0.05, 0.1) is 0 Å². The Hall–Kier alpha value is -0.980.